The van der Waals surface area contributed by atoms with Gasteiger partial charge in [-0.2, -0.15) is 0 Å². The third-order valence-electron chi connectivity index (χ3n) is 3.28. The van der Waals surface area contributed by atoms with Crippen LogP contribution < -0.4 is 10.2 Å². The molecule has 1 aromatic carbocycles. The van der Waals surface area contributed by atoms with E-state index in [-0.39, 0.29) is 0 Å². The van der Waals surface area contributed by atoms with E-state index in [1.165, 1.54) is 0 Å². The highest BCUT2D eigenvalue weighted by atomic mass is 35.5. The van der Waals surface area contributed by atoms with Gasteiger partial charge in [0.05, 0.1) is 0 Å². The molecule has 3 nitrogen and oxygen atoms in total. The minimum atomic E-state index is -0.637. The summed E-state index contributed by atoms with van der Waals surface area (Å²) < 4.78 is 11.4. The monoisotopic (exact) mass is 300 g/mol. The maximum absolute atomic E-state index is 11.4. The molecule has 0 saturated carbocycles. The Labute approximate surface area is 122 Å². The molecule has 1 aromatic rings. The Hall–Kier alpha value is -0.580. The lowest BCUT2D eigenvalue weighted by Crippen LogP contribution is -2.37. The number of nitrogens with one attached hydrogen (secondary N) is 1. The van der Waals surface area contributed by atoms with E-state index in [0.29, 0.717) is 6.04 Å². The van der Waals surface area contributed by atoms with Gasteiger partial charge in [0.2, 0.25) is 0 Å². The van der Waals surface area contributed by atoms with Crippen molar-refractivity contribution in [3.05, 3.63) is 28.8 Å². The normalized spacial score (nSPS) is 17.2. The van der Waals surface area contributed by atoms with Gasteiger partial charge in [-0.3, -0.25) is 4.21 Å². The van der Waals surface area contributed by atoms with Gasteiger partial charge in [-0.15, -0.1) is 0 Å². The average molecular weight is 301 g/mol. The van der Waals surface area contributed by atoms with Gasteiger partial charge in [-0.1, -0.05) is 31.5 Å². The first-order chi connectivity index (χ1) is 9.06. The van der Waals surface area contributed by atoms with Crippen LogP contribution >= 0.6 is 11.6 Å². The number of rotatable bonds is 4. The predicted molar refractivity (Wildman–Crippen MR) is 83.5 cm³/mol. The summed E-state index contributed by atoms with van der Waals surface area (Å²) >= 11 is 6.33. The molecule has 2 rings (SSSR count). The van der Waals surface area contributed by atoms with Crippen molar-refractivity contribution >= 4 is 28.1 Å². The molecule has 0 aromatic heterocycles. The fourth-order valence-electron chi connectivity index (χ4n) is 2.09. The minimum Gasteiger partial charge on any atom is -0.370 e. The molecular formula is C14H21ClN2OS. The molecule has 0 radical (unpaired) electrons. The molecule has 0 unspecified atom stereocenters. The van der Waals surface area contributed by atoms with Crippen LogP contribution in [0.4, 0.5) is 5.69 Å². The highest BCUT2D eigenvalue weighted by Gasteiger charge is 2.16. The van der Waals surface area contributed by atoms with Crippen molar-refractivity contribution < 1.29 is 4.21 Å². The maximum atomic E-state index is 11.4. The van der Waals surface area contributed by atoms with Crippen LogP contribution in [0.3, 0.4) is 0 Å². The van der Waals surface area contributed by atoms with Gasteiger partial charge >= 0.3 is 0 Å². The summed E-state index contributed by atoms with van der Waals surface area (Å²) in [6, 6.07) is 6.66. The summed E-state index contributed by atoms with van der Waals surface area (Å²) in [6.45, 7) is 6.74. The Morgan fingerprint density at radius 2 is 2.05 bits per heavy atom. The predicted octanol–water partition coefficient (Wildman–Crippen LogP) is 2.41. The van der Waals surface area contributed by atoms with E-state index in [0.717, 1.165) is 47.4 Å². The van der Waals surface area contributed by atoms with Gasteiger partial charge in [0, 0.05) is 58.7 Å². The molecule has 0 spiro atoms. The lowest BCUT2D eigenvalue weighted by atomic mass is 10.2. The Morgan fingerprint density at radius 1 is 1.37 bits per heavy atom. The fourth-order valence-corrected chi connectivity index (χ4v) is 3.38. The lowest BCUT2D eigenvalue weighted by molar-refractivity contribution is 0.589. The van der Waals surface area contributed by atoms with E-state index < -0.39 is 10.8 Å². The minimum absolute atomic E-state index is 0.452. The van der Waals surface area contributed by atoms with Crippen LogP contribution in [-0.2, 0) is 17.3 Å². The van der Waals surface area contributed by atoms with Crippen molar-refractivity contribution in [3.8, 4) is 0 Å². The van der Waals surface area contributed by atoms with Crippen LogP contribution in [0.15, 0.2) is 18.2 Å². The fraction of sp³-hybridized carbons (Fsp3) is 0.571. The highest BCUT2D eigenvalue weighted by molar-refractivity contribution is 7.85. The zero-order chi connectivity index (χ0) is 13.8. The molecule has 1 saturated heterocycles. The van der Waals surface area contributed by atoms with E-state index in [4.69, 9.17) is 11.6 Å². The third-order valence-corrected chi connectivity index (χ3v) is 4.91. The van der Waals surface area contributed by atoms with Gasteiger partial charge in [0.15, 0.2) is 0 Å². The van der Waals surface area contributed by atoms with Crippen LogP contribution in [0, 0.1) is 0 Å². The van der Waals surface area contributed by atoms with Gasteiger partial charge in [-0.25, -0.2) is 0 Å². The van der Waals surface area contributed by atoms with Crippen LogP contribution in [-0.4, -0.2) is 34.8 Å². The number of anilines is 1. The van der Waals surface area contributed by atoms with E-state index >= 15 is 0 Å². The zero-order valence-corrected chi connectivity index (χ0v) is 13.1. The van der Waals surface area contributed by atoms with E-state index in [9.17, 15) is 4.21 Å². The van der Waals surface area contributed by atoms with E-state index in [1.807, 2.05) is 6.07 Å². The van der Waals surface area contributed by atoms with Crippen LogP contribution in [0.25, 0.3) is 0 Å². The third kappa shape index (κ3) is 4.20. The van der Waals surface area contributed by atoms with E-state index in [2.05, 4.69) is 36.2 Å². The Morgan fingerprint density at radius 3 is 2.63 bits per heavy atom. The SMILES string of the molecule is CC(C)NCc1ccc(N2CCS(=O)CC2)cc1Cl. The molecule has 106 valence electrons. The summed E-state index contributed by atoms with van der Waals surface area (Å²) in [5, 5.41) is 4.17. The Balaban J connectivity index is 2.03. The molecule has 1 fully saturated rings. The summed E-state index contributed by atoms with van der Waals surface area (Å²) in [7, 11) is -0.637. The quantitative estimate of drug-likeness (QED) is 0.927. The second kappa shape index (κ2) is 6.73. The summed E-state index contributed by atoms with van der Waals surface area (Å²) in [5.41, 5.74) is 2.26. The molecule has 0 amide bonds. The number of hydrogen-bond donors (Lipinski definition) is 1. The number of halogens is 1. The van der Waals surface area contributed by atoms with Crippen molar-refractivity contribution in [2.45, 2.75) is 26.4 Å². The summed E-state index contributed by atoms with van der Waals surface area (Å²) in [5.74, 6) is 1.52. The molecule has 1 heterocycles. The van der Waals surface area contributed by atoms with Crippen molar-refractivity contribution in [1.82, 2.24) is 5.32 Å². The maximum Gasteiger partial charge on any atom is 0.0471 e. The molecule has 1 N–H and O–H groups in total. The molecule has 0 bridgehead atoms. The first-order valence-electron chi connectivity index (χ1n) is 6.68. The lowest BCUT2D eigenvalue weighted by Gasteiger charge is -2.28. The van der Waals surface area contributed by atoms with Gasteiger partial charge < -0.3 is 10.2 Å². The molecular weight excluding hydrogens is 280 g/mol. The standard InChI is InChI=1S/C14H21ClN2OS/c1-11(2)16-10-12-3-4-13(9-14(12)15)17-5-7-19(18)8-6-17/h3-4,9,11,16H,5-8,10H2,1-2H3. The van der Waals surface area contributed by atoms with Gasteiger partial charge in [0.1, 0.15) is 0 Å². The van der Waals surface area contributed by atoms with Crippen molar-refractivity contribution in [3.63, 3.8) is 0 Å². The number of nitrogens with zero attached hydrogens (tertiary/aromatic N) is 1. The summed E-state index contributed by atoms with van der Waals surface area (Å²) in [6.07, 6.45) is 0. The molecule has 0 atom stereocenters. The Bertz CT molecular complexity index is 455. The Kier molecular flexibility index (Phi) is 5.25. The zero-order valence-electron chi connectivity index (χ0n) is 11.5. The molecule has 0 aliphatic carbocycles. The first-order valence-corrected chi connectivity index (χ1v) is 8.54. The number of benzene rings is 1. The van der Waals surface area contributed by atoms with E-state index in [1.54, 1.807) is 0 Å². The van der Waals surface area contributed by atoms with Crippen molar-refractivity contribution in [2.24, 2.45) is 0 Å². The molecule has 1 aliphatic rings. The molecule has 5 heteroatoms. The van der Waals surface area contributed by atoms with Crippen molar-refractivity contribution in [2.75, 3.05) is 29.5 Å². The van der Waals surface area contributed by atoms with Crippen LogP contribution in [0.5, 0.6) is 0 Å². The van der Waals surface area contributed by atoms with Crippen LogP contribution in [0.1, 0.15) is 19.4 Å². The molecule has 19 heavy (non-hydrogen) atoms. The van der Waals surface area contributed by atoms with Crippen molar-refractivity contribution in [1.29, 1.82) is 0 Å². The van der Waals surface area contributed by atoms with Gasteiger partial charge in [0.25, 0.3) is 0 Å². The van der Waals surface area contributed by atoms with Gasteiger partial charge in [-0.05, 0) is 17.7 Å². The first kappa shape index (κ1) is 14.8. The average Bonchev–Trinajstić information content (AvgIpc) is 2.38. The topological polar surface area (TPSA) is 32.3 Å². The summed E-state index contributed by atoms with van der Waals surface area (Å²) in [4.78, 5) is 2.26. The largest absolute Gasteiger partial charge is 0.370 e. The highest BCUT2D eigenvalue weighted by Crippen LogP contribution is 2.24. The smallest absolute Gasteiger partial charge is 0.0471 e. The molecule has 1 aliphatic heterocycles. The van der Waals surface area contributed by atoms with Crippen LogP contribution in [0.2, 0.25) is 5.02 Å². The second-order valence-electron chi connectivity index (χ2n) is 5.15. The second-order valence-corrected chi connectivity index (χ2v) is 7.25. The number of hydrogen-bond acceptors (Lipinski definition) is 3.